The SMILES string of the molecule is CNc1nc(-c2cncs2)nc(COC)c1Br. The van der Waals surface area contributed by atoms with Crippen LogP contribution in [0.5, 0.6) is 0 Å². The smallest absolute Gasteiger partial charge is 0.173 e. The Hall–Kier alpha value is -1.05. The highest BCUT2D eigenvalue weighted by Crippen LogP contribution is 2.28. The zero-order valence-electron chi connectivity index (χ0n) is 9.40. The van der Waals surface area contributed by atoms with E-state index in [2.05, 4.69) is 36.2 Å². The lowest BCUT2D eigenvalue weighted by molar-refractivity contribution is 0.181. The van der Waals surface area contributed by atoms with Crippen molar-refractivity contribution in [2.24, 2.45) is 0 Å². The van der Waals surface area contributed by atoms with E-state index in [1.165, 1.54) is 11.3 Å². The molecule has 5 nitrogen and oxygen atoms in total. The van der Waals surface area contributed by atoms with Crippen LogP contribution in [0, 0.1) is 0 Å². The summed E-state index contributed by atoms with van der Waals surface area (Å²) in [5.41, 5.74) is 2.57. The Bertz CT molecular complexity index is 503. The average molecular weight is 315 g/mol. The first-order valence-corrected chi connectivity index (χ1v) is 6.55. The lowest BCUT2D eigenvalue weighted by atomic mass is 10.3. The van der Waals surface area contributed by atoms with Gasteiger partial charge in [0.2, 0.25) is 0 Å². The van der Waals surface area contributed by atoms with Crippen molar-refractivity contribution >= 4 is 33.1 Å². The van der Waals surface area contributed by atoms with Gasteiger partial charge in [-0.05, 0) is 15.9 Å². The van der Waals surface area contributed by atoms with E-state index in [1.54, 1.807) is 18.8 Å². The molecular formula is C10H11BrN4OS. The number of hydrogen-bond acceptors (Lipinski definition) is 6. The molecule has 2 rings (SSSR count). The third-order valence-electron chi connectivity index (χ3n) is 2.09. The maximum atomic E-state index is 5.12. The maximum Gasteiger partial charge on any atom is 0.173 e. The molecule has 0 aliphatic heterocycles. The molecule has 0 amide bonds. The van der Waals surface area contributed by atoms with Gasteiger partial charge >= 0.3 is 0 Å². The Balaban J connectivity index is 2.50. The second kappa shape index (κ2) is 5.52. The van der Waals surface area contributed by atoms with Gasteiger partial charge < -0.3 is 10.1 Å². The first-order chi connectivity index (χ1) is 8.26. The van der Waals surface area contributed by atoms with Crippen LogP contribution in [0.4, 0.5) is 5.82 Å². The number of aromatic nitrogens is 3. The summed E-state index contributed by atoms with van der Waals surface area (Å²) in [4.78, 5) is 13.8. The minimum atomic E-state index is 0.434. The molecule has 0 aliphatic rings. The molecule has 2 heterocycles. The van der Waals surface area contributed by atoms with Crippen molar-refractivity contribution in [1.82, 2.24) is 15.0 Å². The predicted molar refractivity (Wildman–Crippen MR) is 71.1 cm³/mol. The van der Waals surface area contributed by atoms with E-state index in [0.717, 1.165) is 20.9 Å². The molecule has 0 saturated heterocycles. The summed E-state index contributed by atoms with van der Waals surface area (Å²) in [6, 6.07) is 0. The minimum absolute atomic E-state index is 0.434. The Morgan fingerprint density at radius 1 is 1.47 bits per heavy atom. The summed E-state index contributed by atoms with van der Waals surface area (Å²) < 4.78 is 5.95. The standard InChI is InChI=1S/C10H11BrN4OS/c1-12-10-8(11)6(4-16-2)14-9(15-10)7-3-13-5-17-7/h3,5H,4H2,1-2H3,(H,12,14,15). The molecule has 0 saturated carbocycles. The lowest BCUT2D eigenvalue weighted by Gasteiger charge is -2.09. The molecule has 0 aromatic carbocycles. The summed E-state index contributed by atoms with van der Waals surface area (Å²) in [7, 11) is 3.46. The number of thiazole rings is 1. The average Bonchev–Trinajstić information content (AvgIpc) is 2.85. The van der Waals surface area contributed by atoms with Gasteiger partial charge in [0.05, 0.1) is 27.2 Å². The van der Waals surface area contributed by atoms with E-state index in [4.69, 9.17) is 4.74 Å². The normalized spacial score (nSPS) is 10.5. The molecule has 7 heteroatoms. The number of nitrogens with zero attached hydrogens (tertiary/aromatic N) is 3. The van der Waals surface area contributed by atoms with Crippen LogP contribution in [-0.4, -0.2) is 29.1 Å². The van der Waals surface area contributed by atoms with E-state index in [1.807, 2.05) is 7.05 Å². The number of nitrogens with one attached hydrogen (secondary N) is 1. The van der Waals surface area contributed by atoms with E-state index in [0.29, 0.717) is 12.4 Å². The maximum absolute atomic E-state index is 5.12. The third-order valence-corrected chi connectivity index (χ3v) is 3.69. The molecule has 0 radical (unpaired) electrons. The van der Waals surface area contributed by atoms with E-state index in [-0.39, 0.29) is 0 Å². The van der Waals surface area contributed by atoms with Crippen LogP contribution in [0.25, 0.3) is 10.7 Å². The van der Waals surface area contributed by atoms with Gasteiger partial charge in [-0.25, -0.2) is 9.97 Å². The minimum Gasteiger partial charge on any atom is -0.378 e. The molecule has 2 aromatic rings. The number of anilines is 1. The molecular weight excluding hydrogens is 304 g/mol. The summed E-state index contributed by atoms with van der Waals surface area (Å²) in [6.45, 7) is 0.434. The summed E-state index contributed by atoms with van der Waals surface area (Å²) in [5.74, 6) is 1.41. The Morgan fingerprint density at radius 3 is 2.88 bits per heavy atom. The molecule has 1 N–H and O–H groups in total. The van der Waals surface area contributed by atoms with Gasteiger partial charge in [0.25, 0.3) is 0 Å². The molecule has 0 aliphatic carbocycles. The number of hydrogen-bond donors (Lipinski definition) is 1. The molecule has 0 spiro atoms. The first-order valence-electron chi connectivity index (χ1n) is 4.88. The van der Waals surface area contributed by atoms with E-state index >= 15 is 0 Å². The lowest BCUT2D eigenvalue weighted by Crippen LogP contribution is -2.03. The fourth-order valence-corrected chi connectivity index (χ4v) is 2.37. The molecule has 90 valence electrons. The van der Waals surface area contributed by atoms with Gasteiger partial charge in [-0.2, -0.15) is 0 Å². The zero-order valence-corrected chi connectivity index (χ0v) is 11.8. The first kappa shape index (κ1) is 12.4. The van der Waals surface area contributed by atoms with Crippen molar-refractivity contribution in [3.05, 3.63) is 21.9 Å². The molecule has 0 bridgehead atoms. The Morgan fingerprint density at radius 2 is 2.29 bits per heavy atom. The van der Waals surface area contributed by atoms with Crippen molar-refractivity contribution in [2.75, 3.05) is 19.5 Å². The summed E-state index contributed by atoms with van der Waals surface area (Å²) >= 11 is 4.97. The zero-order chi connectivity index (χ0) is 12.3. The van der Waals surface area contributed by atoms with Crippen molar-refractivity contribution in [1.29, 1.82) is 0 Å². The van der Waals surface area contributed by atoms with Gasteiger partial charge in [-0.15, -0.1) is 11.3 Å². The quantitative estimate of drug-likeness (QED) is 0.939. The van der Waals surface area contributed by atoms with Gasteiger partial charge in [-0.3, -0.25) is 4.98 Å². The molecule has 0 atom stereocenters. The highest BCUT2D eigenvalue weighted by molar-refractivity contribution is 9.10. The summed E-state index contributed by atoms with van der Waals surface area (Å²) in [6.07, 6.45) is 1.75. The largest absolute Gasteiger partial charge is 0.378 e. The highest BCUT2D eigenvalue weighted by atomic mass is 79.9. The molecule has 0 unspecified atom stereocenters. The Labute approximate surface area is 111 Å². The molecule has 2 aromatic heterocycles. The monoisotopic (exact) mass is 314 g/mol. The Kier molecular flexibility index (Phi) is 4.03. The van der Waals surface area contributed by atoms with Crippen LogP contribution in [0.15, 0.2) is 16.2 Å². The predicted octanol–water partition coefficient (Wildman–Crippen LogP) is 2.55. The third kappa shape index (κ3) is 2.62. The second-order valence-electron chi connectivity index (χ2n) is 3.21. The highest BCUT2D eigenvalue weighted by Gasteiger charge is 2.13. The van der Waals surface area contributed by atoms with Gasteiger partial charge in [0.15, 0.2) is 5.82 Å². The number of rotatable bonds is 4. The van der Waals surface area contributed by atoms with E-state index in [9.17, 15) is 0 Å². The van der Waals surface area contributed by atoms with Crippen LogP contribution in [0.1, 0.15) is 5.69 Å². The second-order valence-corrected chi connectivity index (χ2v) is 4.88. The van der Waals surface area contributed by atoms with Crippen LogP contribution in [0.2, 0.25) is 0 Å². The summed E-state index contributed by atoms with van der Waals surface area (Å²) in [5, 5.41) is 3.03. The fourth-order valence-electron chi connectivity index (χ4n) is 1.33. The number of halogens is 1. The van der Waals surface area contributed by atoms with Crippen molar-refractivity contribution in [3.63, 3.8) is 0 Å². The van der Waals surface area contributed by atoms with Gasteiger partial charge in [0, 0.05) is 20.4 Å². The van der Waals surface area contributed by atoms with Crippen LogP contribution in [0.3, 0.4) is 0 Å². The van der Waals surface area contributed by atoms with Gasteiger partial charge in [-0.1, -0.05) is 0 Å². The molecule has 0 fully saturated rings. The van der Waals surface area contributed by atoms with Crippen LogP contribution < -0.4 is 5.32 Å². The molecule has 17 heavy (non-hydrogen) atoms. The van der Waals surface area contributed by atoms with Gasteiger partial charge in [0.1, 0.15) is 5.82 Å². The van der Waals surface area contributed by atoms with E-state index < -0.39 is 0 Å². The topological polar surface area (TPSA) is 59.9 Å². The van der Waals surface area contributed by atoms with Crippen LogP contribution >= 0.6 is 27.3 Å². The fraction of sp³-hybridized carbons (Fsp3) is 0.300. The van der Waals surface area contributed by atoms with Crippen LogP contribution in [-0.2, 0) is 11.3 Å². The van der Waals surface area contributed by atoms with Crippen molar-refractivity contribution in [2.45, 2.75) is 6.61 Å². The van der Waals surface area contributed by atoms with Crippen molar-refractivity contribution < 1.29 is 4.74 Å². The number of ether oxygens (including phenoxy) is 1. The van der Waals surface area contributed by atoms with Crippen molar-refractivity contribution in [3.8, 4) is 10.7 Å². The number of methoxy groups -OCH3 is 1.